The second-order valence-electron chi connectivity index (χ2n) is 4.97. The monoisotopic (exact) mass is 325 g/mol. The maximum atomic E-state index is 13.6. The van der Waals surface area contributed by atoms with E-state index in [-0.39, 0.29) is 17.8 Å². The van der Waals surface area contributed by atoms with E-state index in [1.54, 1.807) is 12.1 Å². The lowest BCUT2D eigenvalue weighted by molar-refractivity contribution is 0.0389. The van der Waals surface area contributed by atoms with E-state index in [2.05, 4.69) is 15.9 Å². The van der Waals surface area contributed by atoms with Crippen LogP contribution in [-0.2, 0) is 0 Å². The van der Waals surface area contributed by atoms with Crippen LogP contribution in [0.5, 0.6) is 0 Å². The van der Waals surface area contributed by atoms with Gasteiger partial charge in [-0.25, -0.2) is 4.39 Å². The Labute approximate surface area is 116 Å². The van der Waals surface area contributed by atoms with Crippen LogP contribution >= 0.6 is 28.3 Å². The molecule has 0 aliphatic heterocycles. The third-order valence-corrected chi connectivity index (χ3v) is 3.25. The number of aliphatic hydroxyl groups excluding tert-OH is 1. The number of hydrogen-bond acceptors (Lipinski definition) is 2. The minimum atomic E-state index is -0.805. The van der Waals surface area contributed by atoms with Crippen molar-refractivity contribution in [2.75, 3.05) is 0 Å². The topological polar surface area (TPSA) is 46.2 Å². The lowest BCUT2D eigenvalue weighted by Crippen LogP contribution is -2.37. The Morgan fingerprint density at radius 1 is 1.35 bits per heavy atom. The summed E-state index contributed by atoms with van der Waals surface area (Å²) in [6.45, 7) is 5.60. The quantitative estimate of drug-likeness (QED) is 0.875. The largest absolute Gasteiger partial charge is 0.391 e. The molecule has 1 aromatic rings. The maximum absolute atomic E-state index is 13.6. The number of halogens is 3. The van der Waals surface area contributed by atoms with E-state index >= 15 is 0 Å². The molecular formula is C12H18BrClFNO. The van der Waals surface area contributed by atoms with E-state index < -0.39 is 18.0 Å². The Bertz CT molecular complexity index is 361. The van der Waals surface area contributed by atoms with Crippen LogP contribution in [0.15, 0.2) is 22.7 Å². The van der Waals surface area contributed by atoms with Crippen LogP contribution in [0.25, 0.3) is 0 Å². The van der Waals surface area contributed by atoms with E-state index in [1.807, 2.05) is 20.8 Å². The van der Waals surface area contributed by atoms with Crippen LogP contribution in [-0.4, -0.2) is 11.2 Å². The van der Waals surface area contributed by atoms with Crippen LogP contribution in [0.3, 0.4) is 0 Å². The van der Waals surface area contributed by atoms with E-state index in [1.165, 1.54) is 6.07 Å². The molecule has 17 heavy (non-hydrogen) atoms. The summed E-state index contributed by atoms with van der Waals surface area (Å²) < 4.78 is 14.2. The van der Waals surface area contributed by atoms with Gasteiger partial charge in [-0.3, -0.25) is 0 Å². The molecule has 0 heterocycles. The van der Waals surface area contributed by atoms with Gasteiger partial charge in [0.2, 0.25) is 0 Å². The lowest BCUT2D eigenvalue weighted by Gasteiger charge is -2.31. The standard InChI is InChI=1S/C12H17BrFNO.ClH/c1-12(2,3)11(16)10(15)9-7(13)5-4-6-8(9)14;/h4-6,10-11,16H,15H2,1-3H3;1H/t10-,11-;/m0./s1. The summed E-state index contributed by atoms with van der Waals surface area (Å²) in [5, 5.41) is 10.0. The van der Waals surface area contributed by atoms with Gasteiger partial charge in [0.15, 0.2) is 0 Å². The highest BCUT2D eigenvalue weighted by Crippen LogP contribution is 2.33. The summed E-state index contributed by atoms with van der Waals surface area (Å²) in [5.41, 5.74) is 5.84. The molecule has 0 fully saturated rings. The third kappa shape index (κ3) is 3.91. The van der Waals surface area contributed by atoms with Crippen molar-refractivity contribution in [3.8, 4) is 0 Å². The molecule has 0 spiro atoms. The summed E-state index contributed by atoms with van der Waals surface area (Å²) in [6, 6.07) is 3.91. The van der Waals surface area contributed by atoms with Gasteiger partial charge in [-0.15, -0.1) is 12.4 Å². The molecule has 98 valence electrons. The van der Waals surface area contributed by atoms with Crippen molar-refractivity contribution < 1.29 is 9.50 Å². The molecule has 1 aromatic carbocycles. The van der Waals surface area contributed by atoms with Crippen LogP contribution in [0.4, 0.5) is 4.39 Å². The van der Waals surface area contributed by atoms with Gasteiger partial charge in [-0.1, -0.05) is 42.8 Å². The van der Waals surface area contributed by atoms with Gasteiger partial charge in [-0.2, -0.15) is 0 Å². The summed E-state index contributed by atoms with van der Waals surface area (Å²) in [5.74, 6) is -0.398. The fourth-order valence-electron chi connectivity index (χ4n) is 1.53. The molecule has 0 aliphatic carbocycles. The maximum Gasteiger partial charge on any atom is 0.129 e. The third-order valence-electron chi connectivity index (χ3n) is 2.56. The molecule has 0 aromatic heterocycles. The molecule has 2 nitrogen and oxygen atoms in total. The Kier molecular flexibility index (Phi) is 6.08. The number of aliphatic hydroxyl groups is 1. The van der Waals surface area contributed by atoms with Crippen molar-refractivity contribution in [1.29, 1.82) is 0 Å². The van der Waals surface area contributed by atoms with E-state index in [0.29, 0.717) is 10.0 Å². The molecule has 0 bridgehead atoms. The van der Waals surface area contributed by atoms with Gasteiger partial charge in [0.25, 0.3) is 0 Å². The number of hydrogen-bond donors (Lipinski definition) is 2. The fraction of sp³-hybridized carbons (Fsp3) is 0.500. The molecule has 0 amide bonds. The summed E-state index contributed by atoms with van der Waals surface area (Å²) >= 11 is 3.25. The fourth-order valence-corrected chi connectivity index (χ4v) is 2.13. The predicted octanol–water partition coefficient (Wildman–Crippen LogP) is 3.42. The molecule has 0 unspecified atom stereocenters. The van der Waals surface area contributed by atoms with Gasteiger partial charge in [0.05, 0.1) is 12.1 Å². The molecule has 0 radical (unpaired) electrons. The summed E-state index contributed by atoms with van der Waals surface area (Å²) in [4.78, 5) is 0. The number of nitrogens with two attached hydrogens (primary N) is 1. The van der Waals surface area contributed by atoms with Gasteiger partial charge in [0.1, 0.15) is 5.82 Å². The van der Waals surface area contributed by atoms with Crippen LogP contribution in [0, 0.1) is 11.2 Å². The first-order valence-electron chi connectivity index (χ1n) is 5.12. The Hall–Kier alpha value is -0.160. The van der Waals surface area contributed by atoms with Crippen LogP contribution < -0.4 is 5.73 Å². The highest BCUT2D eigenvalue weighted by Gasteiger charge is 2.31. The van der Waals surface area contributed by atoms with Crippen molar-refractivity contribution >= 4 is 28.3 Å². The lowest BCUT2D eigenvalue weighted by atomic mass is 9.82. The van der Waals surface area contributed by atoms with Gasteiger partial charge in [-0.05, 0) is 17.5 Å². The zero-order valence-electron chi connectivity index (χ0n) is 10.1. The molecule has 3 N–H and O–H groups in total. The van der Waals surface area contributed by atoms with Gasteiger partial charge >= 0.3 is 0 Å². The minimum absolute atomic E-state index is 0. The van der Waals surface area contributed by atoms with Gasteiger partial charge in [0, 0.05) is 10.0 Å². The second-order valence-corrected chi connectivity index (χ2v) is 5.83. The second kappa shape index (κ2) is 6.14. The summed E-state index contributed by atoms with van der Waals surface area (Å²) in [6.07, 6.45) is -0.805. The Morgan fingerprint density at radius 3 is 2.29 bits per heavy atom. The van der Waals surface area contributed by atoms with Crippen molar-refractivity contribution in [2.45, 2.75) is 32.9 Å². The number of benzene rings is 1. The Balaban J connectivity index is 0.00000256. The predicted molar refractivity (Wildman–Crippen MR) is 73.7 cm³/mol. The molecule has 2 atom stereocenters. The first kappa shape index (κ1) is 16.8. The smallest absolute Gasteiger partial charge is 0.129 e. The van der Waals surface area contributed by atoms with Gasteiger partial charge < -0.3 is 10.8 Å². The SMILES string of the molecule is CC(C)(C)[C@@H](O)[C@@H](N)c1c(F)cccc1Br.Cl. The zero-order chi connectivity index (χ0) is 12.5. The van der Waals surface area contributed by atoms with E-state index in [9.17, 15) is 9.50 Å². The van der Waals surface area contributed by atoms with Crippen molar-refractivity contribution in [2.24, 2.45) is 11.1 Å². The van der Waals surface area contributed by atoms with Crippen molar-refractivity contribution in [1.82, 2.24) is 0 Å². The zero-order valence-corrected chi connectivity index (χ0v) is 12.5. The first-order valence-corrected chi connectivity index (χ1v) is 5.92. The number of rotatable bonds is 2. The minimum Gasteiger partial charge on any atom is -0.391 e. The average Bonchev–Trinajstić information content (AvgIpc) is 2.14. The van der Waals surface area contributed by atoms with E-state index in [4.69, 9.17) is 5.73 Å². The normalized spacial score (nSPS) is 15.0. The molecule has 0 saturated heterocycles. The molecule has 1 rings (SSSR count). The van der Waals surface area contributed by atoms with Crippen molar-refractivity contribution in [3.63, 3.8) is 0 Å². The van der Waals surface area contributed by atoms with Crippen LogP contribution in [0.1, 0.15) is 32.4 Å². The van der Waals surface area contributed by atoms with Crippen molar-refractivity contribution in [3.05, 3.63) is 34.1 Å². The summed E-state index contributed by atoms with van der Waals surface area (Å²) in [7, 11) is 0. The molecule has 5 heteroatoms. The molecule has 0 saturated carbocycles. The van der Waals surface area contributed by atoms with Crippen LogP contribution in [0.2, 0.25) is 0 Å². The van der Waals surface area contributed by atoms with E-state index in [0.717, 1.165) is 0 Å². The highest BCUT2D eigenvalue weighted by atomic mass is 79.9. The molecular weight excluding hydrogens is 308 g/mol. The molecule has 0 aliphatic rings. The highest BCUT2D eigenvalue weighted by molar-refractivity contribution is 9.10. The average molecular weight is 327 g/mol. The first-order chi connectivity index (χ1) is 7.25. The Morgan fingerprint density at radius 2 is 1.88 bits per heavy atom.